The summed E-state index contributed by atoms with van der Waals surface area (Å²) in [5.74, 6) is 1.47. The van der Waals surface area contributed by atoms with Crippen LogP contribution >= 0.6 is 0 Å². The summed E-state index contributed by atoms with van der Waals surface area (Å²) in [6.45, 7) is 2.32. The highest BCUT2D eigenvalue weighted by Crippen LogP contribution is 2.55. The number of hydrogen-bond donors (Lipinski definition) is 1. The molecule has 1 heterocycles. The monoisotopic (exact) mass is 338 g/mol. The summed E-state index contributed by atoms with van der Waals surface area (Å²) in [6.07, 6.45) is 7.26. The molecule has 3 fully saturated rings. The number of amides is 1. The Bertz CT molecular complexity index is 754. The van der Waals surface area contributed by atoms with E-state index in [1.807, 2.05) is 12.1 Å². The van der Waals surface area contributed by atoms with Crippen LogP contribution in [0.15, 0.2) is 18.2 Å². The van der Waals surface area contributed by atoms with Crippen molar-refractivity contribution in [2.45, 2.75) is 56.4 Å². The van der Waals surface area contributed by atoms with Crippen LogP contribution in [0.4, 0.5) is 0 Å². The number of Topliss-reactive ketones (excluding diaryl/α,β-unsaturated/α-hetero) is 1. The molecule has 2 saturated carbocycles. The lowest BCUT2D eigenvalue weighted by Crippen LogP contribution is -2.62. The van der Waals surface area contributed by atoms with E-state index in [1.54, 1.807) is 0 Å². The van der Waals surface area contributed by atoms with E-state index < -0.39 is 0 Å². The number of ketones is 1. The molecule has 1 aromatic carbocycles. The Hall–Kier alpha value is -1.68. The Balaban J connectivity index is 1.60. The summed E-state index contributed by atoms with van der Waals surface area (Å²) < 4.78 is 0. The summed E-state index contributed by atoms with van der Waals surface area (Å²) in [6, 6.07) is 6.54. The number of carbonyl (C=O) groups excluding carboxylic acids is 2. The summed E-state index contributed by atoms with van der Waals surface area (Å²) in [5.41, 5.74) is 8.66. The smallest absolute Gasteiger partial charge is 0.248 e. The van der Waals surface area contributed by atoms with E-state index in [9.17, 15) is 9.59 Å². The van der Waals surface area contributed by atoms with Crippen LogP contribution in [0.5, 0.6) is 0 Å². The van der Waals surface area contributed by atoms with Crippen LogP contribution in [-0.2, 0) is 16.6 Å². The van der Waals surface area contributed by atoms with Crippen LogP contribution in [0.1, 0.15) is 60.0 Å². The lowest BCUT2D eigenvalue weighted by molar-refractivity contribution is -0.127. The molecule has 3 atom stereocenters. The maximum absolute atomic E-state index is 12.4. The van der Waals surface area contributed by atoms with Crippen LogP contribution < -0.4 is 5.73 Å². The highest BCUT2D eigenvalue weighted by Gasteiger charge is 2.55. The van der Waals surface area contributed by atoms with Gasteiger partial charge in [0.25, 0.3) is 0 Å². The van der Waals surface area contributed by atoms with Gasteiger partial charge in [0.1, 0.15) is 5.78 Å². The topological polar surface area (TPSA) is 63.4 Å². The molecule has 1 aliphatic heterocycles. The third kappa shape index (κ3) is 2.37. The van der Waals surface area contributed by atoms with Crippen molar-refractivity contribution in [2.75, 3.05) is 13.1 Å². The second kappa shape index (κ2) is 5.41. The number of hydrogen-bond acceptors (Lipinski definition) is 3. The first kappa shape index (κ1) is 15.6. The second-order valence-electron chi connectivity index (χ2n) is 8.71. The van der Waals surface area contributed by atoms with Gasteiger partial charge in [0.15, 0.2) is 0 Å². The number of likely N-dealkylation sites (tertiary alicyclic amines) is 1. The third-order valence-electron chi connectivity index (χ3n) is 7.28. The number of benzene rings is 1. The standard InChI is InChI=1S/C21H26N2O2/c22-20(25)15-4-3-14-10-19-17-6-5-16(24)11-21(17,18(14)9-15)7-8-23(19)12-13-1-2-13/h3-4,9,13,17,19H,1-2,5-8,10-12H2,(H2,22,25)/t17?,19-,21+/m1/s1. The number of fused-ring (bicyclic) bond motifs is 1. The molecule has 0 spiro atoms. The van der Waals surface area contributed by atoms with Crippen molar-refractivity contribution in [3.63, 3.8) is 0 Å². The largest absolute Gasteiger partial charge is 0.366 e. The van der Waals surface area contributed by atoms with Crippen LogP contribution in [-0.4, -0.2) is 35.7 Å². The van der Waals surface area contributed by atoms with Gasteiger partial charge >= 0.3 is 0 Å². The minimum atomic E-state index is -0.369. The van der Waals surface area contributed by atoms with Crippen molar-refractivity contribution in [3.05, 3.63) is 34.9 Å². The number of nitrogens with two attached hydrogens (primary N) is 1. The highest BCUT2D eigenvalue weighted by molar-refractivity contribution is 5.93. The van der Waals surface area contributed by atoms with Crippen molar-refractivity contribution in [2.24, 2.45) is 17.6 Å². The molecule has 4 aliphatic rings. The van der Waals surface area contributed by atoms with E-state index in [2.05, 4.69) is 11.0 Å². The molecule has 1 aromatic rings. The van der Waals surface area contributed by atoms with Crippen LogP contribution in [0, 0.1) is 11.8 Å². The maximum Gasteiger partial charge on any atom is 0.248 e. The molecule has 4 nitrogen and oxygen atoms in total. The highest BCUT2D eigenvalue weighted by atomic mass is 16.1. The maximum atomic E-state index is 12.4. The molecule has 132 valence electrons. The quantitative estimate of drug-likeness (QED) is 0.921. The molecule has 0 radical (unpaired) electrons. The Kier molecular flexibility index (Phi) is 3.37. The van der Waals surface area contributed by atoms with Gasteiger partial charge in [0, 0.05) is 36.4 Å². The average molecular weight is 338 g/mol. The minimum absolute atomic E-state index is 0.0565. The Morgan fingerprint density at radius 2 is 2.12 bits per heavy atom. The molecule has 0 aromatic heterocycles. The molecule has 3 aliphatic carbocycles. The molecular formula is C21H26N2O2. The molecule has 1 unspecified atom stereocenters. The summed E-state index contributed by atoms with van der Waals surface area (Å²) in [4.78, 5) is 26.8. The lowest BCUT2D eigenvalue weighted by Gasteiger charge is -2.58. The molecule has 5 rings (SSSR count). The zero-order valence-electron chi connectivity index (χ0n) is 14.7. The Labute approximate surface area is 148 Å². The number of carbonyl (C=O) groups is 2. The first-order chi connectivity index (χ1) is 12.1. The number of rotatable bonds is 3. The minimum Gasteiger partial charge on any atom is -0.366 e. The van der Waals surface area contributed by atoms with E-state index in [4.69, 9.17) is 5.73 Å². The van der Waals surface area contributed by atoms with Gasteiger partial charge in [-0.3, -0.25) is 14.5 Å². The number of primary amides is 1. The van der Waals surface area contributed by atoms with Gasteiger partial charge in [-0.15, -0.1) is 0 Å². The second-order valence-corrected chi connectivity index (χ2v) is 8.71. The van der Waals surface area contributed by atoms with E-state index in [0.29, 0.717) is 29.7 Å². The van der Waals surface area contributed by atoms with Crippen molar-refractivity contribution >= 4 is 11.7 Å². The lowest BCUT2D eigenvalue weighted by atomic mass is 9.52. The fourth-order valence-corrected chi connectivity index (χ4v) is 5.92. The van der Waals surface area contributed by atoms with Gasteiger partial charge < -0.3 is 5.73 Å². The van der Waals surface area contributed by atoms with Crippen LogP contribution in [0.3, 0.4) is 0 Å². The van der Waals surface area contributed by atoms with E-state index in [0.717, 1.165) is 38.1 Å². The van der Waals surface area contributed by atoms with Gasteiger partial charge in [0.2, 0.25) is 5.91 Å². The SMILES string of the molecule is NC(=O)c1ccc2c(c1)[C@]13CCN(CC4CC4)[C@H](C2)C1CCC(=O)C3. The molecule has 25 heavy (non-hydrogen) atoms. The van der Waals surface area contributed by atoms with Crippen molar-refractivity contribution in [3.8, 4) is 0 Å². The van der Waals surface area contributed by atoms with E-state index in [-0.39, 0.29) is 11.3 Å². The molecule has 4 heteroatoms. The third-order valence-corrected chi connectivity index (χ3v) is 7.28. The van der Waals surface area contributed by atoms with Crippen molar-refractivity contribution in [1.29, 1.82) is 0 Å². The summed E-state index contributed by atoms with van der Waals surface area (Å²) in [5, 5.41) is 0. The predicted molar refractivity (Wildman–Crippen MR) is 95.4 cm³/mol. The summed E-state index contributed by atoms with van der Waals surface area (Å²) in [7, 11) is 0. The zero-order chi connectivity index (χ0) is 17.2. The Morgan fingerprint density at radius 3 is 2.88 bits per heavy atom. The van der Waals surface area contributed by atoms with Gasteiger partial charge in [-0.25, -0.2) is 0 Å². The van der Waals surface area contributed by atoms with Crippen LogP contribution in [0.2, 0.25) is 0 Å². The van der Waals surface area contributed by atoms with Crippen LogP contribution in [0.25, 0.3) is 0 Å². The Morgan fingerprint density at radius 1 is 1.28 bits per heavy atom. The fourth-order valence-electron chi connectivity index (χ4n) is 5.92. The molecule has 2 N–H and O–H groups in total. The molecule has 1 saturated heterocycles. The first-order valence-electron chi connectivity index (χ1n) is 9.76. The number of piperidine rings is 1. The van der Waals surface area contributed by atoms with E-state index in [1.165, 1.54) is 30.5 Å². The molecular weight excluding hydrogens is 312 g/mol. The van der Waals surface area contributed by atoms with Gasteiger partial charge in [-0.2, -0.15) is 0 Å². The number of nitrogens with zero attached hydrogens (tertiary/aromatic N) is 1. The molecule has 2 bridgehead atoms. The van der Waals surface area contributed by atoms with E-state index >= 15 is 0 Å². The zero-order valence-corrected chi connectivity index (χ0v) is 14.7. The van der Waals surface area contributed by atoms with Crippen molar-refractivity contribution < 1.29 is 9.59 Å². The fraction of sp³-hybridized carbons (Fsp3) is 0.619. The average Bonchev–Trinajstić information content (AvgIpc) is 3.40. The normalized spacial score (nSPS) is 34.3. The summed E-state index contributed by atoms with van der Waals surface area (Å²) >= 11 is 0. The first-order valence-corrected chi connectivity index (χ1v) is 9.76. The van der Waals surface area contributed by atoms with Gasteiger partial charge in [0.05, 0.1) is 0 Å². The van der Waals surface area contributed by atoms with Crippen molar-refractivity contribution in [1.82, 2.24) is 4.90 Å². The van der Waals surface area contributed by atoms with Gasteiger partial charge in [-0.1, -0.05) is 6.07 Å². The van der Waals surface area contributed by atoms with Gasteiger partial charge in [-0.05, 0) is 73.7 Å². The predicted octanol–water partition coefficient (Wildman–Crippen LogP) is 2.43. The molecule has 1 amide bonds.